The smallest absolute Gasteiger partial charge is 0.186 e. The third kappa shape index (κ3) is 2.07. The SMILES string of the molecule is CC(=O)c1cccc(OCO)c1. The molecule has 1 N–H and O–H groups in total. The van der Waals surface area contributed by atoms with Crippen LogP contribution in [0.3, 0.4) is 0 Å². The standard InChI is InChI=1S/C9H10O3/c1-7(11)8-3-2-4-9(5-8)12-6-10/h2-5,10H,6H2,1H3. The van der Waals surface area contributed by atoms with Crippen LogP contribution >= 0.6 is 0 Å². The lowest BCUT2D eigenvalue weighted by Gasteiger charge is -2.02. The average molecular weight is 166 g/mol. The number of carbonyl (C=O) groups is 1. The van der Waals surface area contributed by atoms with Crippen molar-refractivity contribution in [2.75, 3.05) is 6.79 Å². The summed E-state index contributed by atoms with van der Waals surface area (Å²) >= 11 is 0. The molecule has 3 heteroatoms. The second-order valence-corrected chi connectivity index (χ2v) is 2.36. The minimum Gasteiger partial charge on any atom is -0.468 e. The Kier molecular flexibility index (Phi) is 2.82. The number of hydrogen-bond donors (Lipinski definition) is 1. The zero-order valence-corrected chi connectivity index (χ0v) is 6.78. The number of ketones is 1. The van der Waals surface area contributed by atoms with Crippen molar-refractivity contribution in [1.82, 2.24) is 0 Å². The first kappa shape index (κ1) is 8.74. The number of carbonyl (C=O) groups excluding carboxylic acids is 1. The molecule has 0 heterocycles. The maximum Gasteiger partial charge on any atom is 0.186 e. The molecule has 0 unspecified atom stereocenters. The van der Waals surface area contributed by atoms with Gasteiger partial charge in [0.25, 0.3) is 0 Å². The second-order valence-electron chi connectivity index (χ2n) is 2.36. The number of ether oxygens (including phenoxy) is 1. The summed E-state index contributed by atoms with van der Waals surface area (Å²) in [5, 5.41) is 8.44. The van der Waals surface area contributed by atoms with Crippen LogP contribution in [0.4, 0.5) is 0 Å². The van der Waals surface area contributed by atoms with E-state index in [1.807, 2.05) is 0 Å². The van der Waals surface area contributed by atoms with Crippen molar-refractivity contribution in [3.8, 4) is 5.75 Å². The van der Waals surface area contributed by atoms with Crippen molar-refractivity contribution in [2.45, 2.75) is 6.92 Å². The molecule has 0 saturated carbocycles. The van der Waals surface area contributed by atoms with Crippen LogP contribution in [0, 0.1) is 0 Å². The summed E-state index contributed by atoms with van der Waals surface area (Å²) in [6, 6.07) is 6.69. The van der Waals surface area contributed by atoms with Gasteiger partial charge < -0.3 is 9.84 Å². The fourth-order valence-corrected chi connectivity index (χ4v) is 0.879. The lowest BCUT2D eigenvalue weighted by Crippen LogP contribution is -1.97. The van der Waals surface area contributed by atoms with Crippen LogP contribution in [0.1, 0.15) is 17.3 Å². The van der Waals surface area contributed by atoms with Crippen LogP contribution in [-0.4, -0.2) is 17.7 Å². The van der Waals surface area contributed by atoms with Crippen LogP contribution in [0.25, 0.3) is 0 Å². The fourth-order valence-electron chi connectivity index (χ4n) is 0.879. The largest absolute Gasteiger partial charge is 0.468 e. The molecular formula is C9H10O3. The van der Waals surface area contributed by atoms with Crippen LogP contribution < -0.4 is 4.74 Å². The molecule has 0 saturated heterocycles. The highest BCUT2D eigenvalue weighted by Gasteiger charge is 1.99. The highest BCUT2D eigenvalue weighted by atomic mass is 16.6. The Morgan fingerprint density at radius 3 is 2.92 bits per heavy atom. The summed E-state index contributed by atoms with van der Waals surface area (Å²) in [6.07, 6.45) is 0. The first-order chi connectivity index (χ1) is 5.74. The summed E-state index contributed by atoms with van der Waals surface area (Å²) in [4.78, 5) is 10.9. The van der Waals surface area contributed by atoms with E-state index in [1.54, 1.807) is 24.3 Å². The van der Waals surface area contributed by atoms with Gasteiger partial charge in [0.1, 0.15) is 5.75 Å². The van der Waals surface area contributed by atoms with Crippen molar-refractivity contribution >= 4 is 5.78 Å². The minimum atomic E-state index is -0.374. The molecule has 64 valence electrons. The van der Waals surface area contributed by atoms with E-state index < -0.39 is 0 Å². The number of aliphatic hydroxyl groups excluding tert-OH is 1. The maximum absolute atomic E-state index is 10.9. The second kappa shape index (κ2) is 3.88. The van der Waals surface area contributed by atoms with Gasteiger partial charge >= 0.3 is 0 Å². The molecule has 1 aromatic rings. The minimum absolute atomic E-state index is 0.0154. The zero-order chi connectivity index (χ0) is 8.97. The number of aliphatic hydroxyl groups is 1. The van der Waals surface area contributed by atoms with Crippen molar-refractivity contribution in [3.63, 3.8) is 0 Å². The predicted octanol–water partition coefficient (Wildman–Crippen LogP) is 1.22. The number of Topliss-reactive ketones (excluding diaryl/α,β-unsaturated/α-hetero) is 1. The molecule has 0 aliphatic heterocycles. The van der Waals surface area contributed by atoms with E-state index in [2.05, 4.69) is 0 Å². The Bertz CT molecular complexity index is 281. The Morgan fingerprint density at radius 1 is 1.58 bits per heavy atom. The van der Waals surface area contributed by atoms with Crippen molar-refractivity contribution in [2.24, 2.45) is 0 Å². The van der Waals surface area contributed by atoms with Gasteiger partial charge in [-0.15, -0.1) is 0 Å². The molecule has 0 aromatic heterocycles. The van der Waals surface area contributed by atoms with Crippen molar-refractivity contribution < 1.29 is 14.6 Å². The zero-order valence-electron chi connectivity index (χ0n) is 6.78. The van der Waals surface area contributed by atoms with E-state index in [1.165, 1.54) is 6.92 Å². The first-order valence-corrected chi connectivity index (χ1v) is 3.58. The van der Waals surface area contributed by atoms with Gasteiger partial charge in [0, 0.05) is 5.56 Å². The van der Waals surface area contributed by atoms with Crippen LogP contribution in [-0.2, 0) is 0 Å². The third-order valence-electron chi connectivity index (χ3n) is 1.47. The van der Waals surface area contributed by atoms with Gasteiger partial charge in [0.05, 0.1) is 0 Å². The van der Waals surface area contributed by atoms with E-state index in [4.69, 9.17) is 9.84 Å². The molecule has 0 spiro atoms. The molecule has 0 amide bonds. The van der Waals surface area contributed by atoms with Gasteiger partial charge in [-0.25, -0.2) is 0 Å². The fraction of sp³-hybridized carbons (Fsp3) is 0.222. The highest BCUT2D eigenvalue weighted by molar-refractivity contribution is 5.94. The normalized spacial score (nSPS) is 9.50. The molecule has 0 aliphatic carbocycles. The van der Waals surface area contributed by atoms with Gasteiger partial charge in [-0.3, -0.25) is 4.79 Å². The summed E-state index contributed by atoms with van der Waals surface area (Å²) in [7, 11) is 0. The molecule has 0 bridgehead atoms. The lowest BCUT2D eigenvalue weighted by molar-refractivity contribution is 0.0968. The Balaban J connectivity index is 2.88. The Morgan fingerprint density at radius 2 is 2.33 bits per heavy atom. The van der Waals surface area contributed by atoms with E-state index in [0.717, 1.165) is 0 Å². The topological polar surface area (TPSA) is 46.5 Å². The average Bonchev–Trinajstić information content (AvgIpc) is 2.05. The molecule has 0 radical (unpaired) electrons. The number of hydrogen-bond acceptors (Lipinski definition) is 3. The number of rotatable bonds is 3. The maximum atomic E-state index is 10.9. The Hall–Kier alpha value is -1.35. The summed E-state index contributed by atoms with van der Waals surface area (Å²) in [5.74, 6) is 0.489. The number of benzene rings is 1. The Labute approximate surface area is 70.6 Å². The van der Waals surface area contributed by atoms with Crippen molar-refractivity contribution in [1.29, 1.82) is 0 Å². The highest BCUT2D eigenvalue weighted by Crippen LogP contribution is 2.12. The van der Waals surface area contributed by atoms with Crippen molar-refractivity contribution in [3.05, 3.63) is 29.8 Å². The van der Waals surface area contributed by atoms with Crippen LogP contribution in [0.2, 0.25) is 0 Å². The summed E-state index contributed by atoms with van der Waals surface area (Å²) in [5.41, 5.74) is 0.584. The van der Waals surface area contributed by atoms with Gasteiger partial charge in [0.15, 0.2) is 12.6 Å². The van der Waals surface area contributed by atoms with E-state index >= 15 is 0 Å². The van der Waals surface area contributed by atoms with Gasteiger partial charge in [0.2, 0.25) is 0 Å². The monoisotopic (exact) mass is 166 g/mol. The van der Waals surface area contributed by atoms with E-state index in [9.17, 15) is 4.79 Å². The molecule has 0 aliphatic rings. The molecule has 3 nitrogen and oxygen atoms in total. The molecule has 0 fully saturated rings. The quantitative estimate of drug-likeness (QED) is 0.542. The van der Waals surface area contributed by atoms with E-state index in [0.29, 0.717) is 11.3 Å². The predicted molar refractivity (Wildman–Crippen MR) is 44.2 cm³/mol. The van der Waals surface area contributed by atoms with Gasteiger partial charge in [-0.1, -0.05) is 12.1 Å². The van der Waals surface area contributed by atoms with Crippen LogP contribution in [0.5, 0.6) is 5.75 Å². The molecular weight excluding hydrogens is 156 g/mol. The van der Waals surface area contributed by atoms with E-state index in [-0.39, 0.29) is 12.6 Å². The molecule has 1 aromatic carbocycles. The summed E-state index contributed by atoms with van der Waals surface area (Å²) < 4.78 is 4.80. The van der Waals surface area contributed by atoms with Crippen LogP contribution in [0.15, 0.2) is 24.3 Å². The first-order valence-electron chi connectivity index (χ1n) is 3.58. The molecule has 0 atom stereocenters. The lowest BCUT2D eigenvalue weighted by atomic mass is 10.1. The van der Waals surface area contributed by atoms with Gasteiger partial charge in [-0.05, 0) is 19.1 Å². The van der Waals surface area contributed by atoms with Gasteiger partial charge in [-0.2, -0.15) is 0 Å². The third-order valence-corrected chi connectivity index (χ3v) is 1.47. The molecule has 12 heavy (non-hydrogen) atoms. The summed E-state index contributed by atoms with van der Waals surface area (Å²) in [6.45, 7) is 1.11. The molecule has 1 rings (SSSR count).